The zero-order valence-corrected chi connectivity index (χ0v) is 18.6. The van der Waals surface area contributed by atoms with Crippen LogP contribution in [0.3, 0.4) is 0 Å². The number of carbonyl (C=O) groups is 2. The van der Waals surface area contributed by atoms with Gasteiger partial charge in [-0.1, -0.05) is 23.7 Å². The van der Waals surface area contributed by atoms with Gasteiger partial charge in [0.2, 0.25) is 0 Å². The highest BCUT2D eigenvalue weighted by atomic mass is 35.5. The summed E-state index contributed by atoms with van der Waals surface area (Å²) in [5.41, 5.74) is 5.91. The third kappa shape index (κ3) is 3.61. The molecule has 1 aliphatic rings. The zero-order valence-electron chi connectivity index (χ0n) is 17.9. The van der Waals surface area contributed by atoms with E-state index in [0.29, 0.717) is 22.8 Å². The molecule has 1 amide bonds. The van der Waals surface area contributed by atoms with Gasteiger partial charge in [-0.3, -0.25) is 4.79 Å². The number of esters is 1. The quantitative estimate of drug-likeness (QED) is 0.389. The number of hydrogen-bond acceptors (Lipinski definition) is 3. The fourth-order valence-electron chi connectivity index (χ4n) is 3.78. The molecule has 1 aromatic heterocycles. The molecule has 0 unspecified atom stereocenters. The van der Waals surface area contributed by atoms with E-state index in [9.17, 15) is 9.59 Å². The van der Waals surface area contributed by atoms with Gasteiger partial charge < -0.3 is 14.2 Å². The Morgan fingerprint density at radius 3 is 2.50 bits per heavy atom. The van der Waals surface area contributed by atoms with Crippen molar-refractivity contribution in [3.63, 3.8) is 0 Å². The summed E-state index contributed by atoms with van der Waals surface area (Å²) in [4.78, 5) is 27.0. The first-order valence-corrected chi connectivity index (χ1v) is 9.98. The summed E-state index contributed by atoms with van der Waals surface area (Å²) in [5.74, 6) is -0.770. The lowest BCUT2D eigenvalue weighted by molar-refractivity contribution is -0.136. The van der Waals surface area contributed by atoms with Crippen molar-refractivity contribution in [2.45, 2.75) is 27.7 Å². The van der Waals surface area contributed by atoms with Gasteiger partial charge in [-0.2, -0.15) is 0 Å². The van der Waals surface area contributed by atoms with Crippen LogP contribution >= 0.6 is 11.6 Å². The Morgan fingerprint density at radius 2 is 1.90 bits per heavy atom. The number of benzene rings is 1. The average Bonchev–Trinajstić information content (AvgIpc) is 3.11. The van der Waals surface area contributed by atoms with Crippen molar-refractivity contribution >= 4 is 29.6 Å². The first-order chi connectivity index (χ1) is 14.2. The molecule has 0 aliphatic carbocycles. The van der Waals surface area contributed by atoms with E-state index in [2.05, 4.69) is 11.1 Å². The third-order valence-electron chi connectivity index (χ3n) is 5.40. The minimum absolute atomic E-state index is 0.240. The summed E-state index contributed by atoms with van der Waals surface area (Å²) in [5, 5.41) is 0.692. The van der Waals surface area contributed by atoms with Crippen molar-refractivity contribution in [1.29, 1.82) is 0 Å². The van der Waals surface area contributed by atoms with Crippen molar-refractivity contribution in [2.24, 2.45) is 0 Å². The van der Waals surface area contributed by atoms with E-state index >= 15 is 0 Å². The van der Waals surface area contributed by atoms with Crippen molar-refractivity contribution in [3.8, 4) is 5.69 Å². The summed E-state index contributed by atoms with van der Waals surface area (Å²) in [6.45, 7) is 11.7. The van der Waals surface area contributed by atoms with Crippen molar-refractivity contribution < 1.29 is 14.3 Å². The van der Waals surface area contributed by atoms with Gasteiger partial charge in [0.25, 0.3) is 5.91 Å². The Bertz CT molecular complexity index is 1120. The van der Waals surface area contributed by atoms with Crippen molar-refractivity contribution in [1.82, 2.24) is 9.47 Å². The van der Waals surface area contributed by atoms with Gasteiger partial charge in [0.15, 0.2) is 0 Å². The molecule has 0 fully saturated rings. The lowest BCUT2D eigenvalue weighted by Crippen LogP contribution is -2.25. The van der Waals surface area contributed by atoms with E-state index in [0.717, 1.165) is 28.2 Å². The van der Waals surface area contributed by atoms with Gasteiger partial charge in [0.05, 0.1) is 18.3 Å². The molecule has 2 aromatic rings. The predicted molar refractivity (Wildman–Crippen MR) is 120 cm³/mol. The first-order valence-electron chi connectivity index (χ1n) is 9.60. The molecule has 2 heterocycles. The molecule has 1 aliphatic heterocycles. The second kappa shape index (κ2) is 8.36. The maximum absolute atomic E-state index is 13.0. The molecule has 156 valence electrons. The van der Waals surface area contributed by atoms with Crippen molar-refractivity contribution in [2.75, 3.05) is 13.7 Å². The summed E-state index contributed by atoms with van der Waals surface area (Å²) < 4.78 is 7.01. The maximum atomic E-state index is 13.0. The van der Waals surface area contributed by atoms with Crippen LogP contribution in [0.15, 0.2) is 53.8 Å². The van der Waals surface area contributed by atoms with Crippen LogP contribution in [0.4, 0.5) is 0 Å². The van der Waals surface area contributed by atoms with Gasteiger partial charge in [0, 0.05) is 34.3 Å². The third-order valence-corrected chi connectivity index (χ3v) is 5.80. The number of aryl methyl sites for hydroxylation is 2. The minimum atomic E-state index is -0.530. The molecular formula is C24H25ClN2O3. The Balaban J connectivity index is 2.14. The van der Waals surface area contributed by atoms with Crippen LogP contribution in [0.5, 0.6) is 0 Å². The van der Waals surface area contributed by atoms with E-state index in [1.807, 2.05) is 45.0 Å². The Kier molecular flexibility index (Phi) is 6.04. The molecule has 0 spiro atoms. The Morgan fingerprint density at radius 1 is 1.20 bits per heavy atom. The molecular weight excluding hydrogens is 400 g/mol. The van der Waals surface area contributed by atoms with E-state index in [1.54, 1.807) is 19.1 Å². The number of nitrogens with zero attached hydrogens (tertiary/aromatic N) is 2. The number of allylic oxidation sites excluding steroid dienone is 1. The second-order valence-corrected chi connectivity index (χ2v) is 7.72. The normalized spacial score (nSPS) is 15.3. The largest absolute Gasteiger partial charge is 0.465 e. The Labute approximate surface area is 181 Å². The number of methoxy groups -OCH3 is 1. The number of halogens is 1. The van der Waals surface area contributed by atoms with Crippen LogP contribution in [-0.4, -0.2) is 35.0 Å². The topological polar surface area (TPSA) is 51.5 Å². The fraction of sp³-hybridized carbons (Fsp3) is 0.250. The van der Waals surface area contributed by atoms with Crippen LogP contribution in [0.1, 0.15) is 29.4 Å². The van der Waals surface area contributed by atoms with Crippen LogP contribution in [0.2, 0.25) is 5.02 Å². The highest BCUT2D eigenvalue weighted by Gasteiger charge is 2.36. The highest BCUT2D eigenvalue weighted by Crippen LogP contribution is 2.33. The number of carbonyl (C=O) groups excluding carboxylic acids is 2. The van der Waals surface area contributed by atoms with Gasteiger partial charge in [-0.05, 0) is 63.1 Å². The summed E-state index contributed by atoms with van der Waals surface area (Å²) in [6.07, 6.45) is 3.39. The van der Waals surface area contributed by atoms with E-state index in [1.165, 1.54) is 12.0 Å². The maximum Gasteiger partial charge on any atom is 0.340 e. The van der Waals surface area contributed by atoms with E-state index < -0.39 is 5.97 Å². The van der Waals surface area contributed by atoms with Gasteiger partial charge in [0.1, 0.15) is 0 Å². The molecule has 0 radical (unpaired) electrons. The lowest BCUT2D eigenvalue weighted by atomic mass is 10.0. The molecule has 6 heteroatoms. The van der Waals surface area contributed by atoms with Crippen LogP contribution in [-0.2, 0) is 14.3 Å². The average molecular weight is 425 g/mol. The van der Waals surface area contributed by atoms with Crippen LogP contribution in [0.25, 0.3) is 11.8 Å². The monoisotopic (exact) mass is 424 g/mol. The summed E-state index contributed by atoms with van der Waals surface area (Å²) in [6, 6.07) is 7.90. The lowest BCUT2D eigenvalue weighted by Gasteiger charge is -2.14. The number of aromatic nitrogens is 1. The highest BCUT2D eigenvalue weighted by molar-refractivity contribution is 6.31. The number of hydrogen-bond donors (Lipinski definition) is 0. The number of amides is 1. The molecule has 1 aromatic carbocycles. The standard InChI is InChI=1S/C24H25ClN2O3/c1-7-10-26-17(5)22(24(29)30-6)20(23(26)28)12-18-11-15(3)27(16(18)4)19-9-8-14(2)21(25)13-19/h7-9,11-13H,1,10H2,2-6H3/b20-12-. The van der Waals surface area contributed by atoms with Crippen molar-refractivity contribution in [3.05, 3.63) is 81.3 Å². The molecule has 0 saturated heterocycles. The summed E-state index contributed by atoms with van der Waals surface area (Å²) >= 11 is 6.32. The summed E-state index contributed by atoms with van der Waals surface area (Å²) in [7, 11) is 1.31. The predicted octanol–water partition coefficient (Wildman–Crippen LogP) is 4.91. The molecule has 0 N–H and O–H groups in total. The number of rotatable bonds is 5. The van der Waals surface area contributed by atoms with Gasteiger partial charge >= 0.3 is 5.97 Å². The fourth-order valence-corrected chi connectivity index (χ4v) is 3.96. The molecule has 30 heavy (non-hydrogen) atoms. The molecule has 3 rings (SSSR count). The second-order valence-electron chi connectivity index (χ2n) is 7.31. The first kappa shape index (κ1) is 21.7. The van der Waals surface area contributed by atoms with E-state index in [4.69, 9.17) is 16.3 Å². The van der Waals surface area contributed by atoms with Crippen LogP contribution < -0.4 is 0 Å². The number of ether oxygens (including phenoxy) is 1. The molecule has 0 saturated carbocycles. The Hall–Kier alpha value is -3.05. The van der Waals surface area contributed by atoms with E-state index in [-0.39, 0.29) is 11.5 Å². The van der Waals surface area contributed by atoms with Gasteiger partial charge in [-0.25, -0.2) is 4.79 Å². The molecule has 0 bridgehead atoms. The molecule has 0 atom stereocenters. The smallest absolute Gasteiger partial charge is 0.340 e. The minimum Gasteiger partial charge on any atom is -0.465 e. The molecule has 5 nitrogen and oxygen atoms in total. The zero-order chi connectivity index (χ0) is 22.2. The SMILES string of the molecule is C=CCN1C(=O)/C(=C\c2cc(C)n(-c3ccc(C)c(Cl)c3)c2C)C(C(=O)OC)=C1C. The van der Waals surface area contributed by atoms with Gasteiger partial charge in [-0.15, -0.1) is 6.58 Å². The van der Waals surface area contributed by atoms with Crippen LogP contribution in [0, 0.1) is 20.8 Å².